The summed E-state index contributed by atoms with van der Waals surface area (Å²) >= 11 is 23.8. The molecule has 20 heavy (non-hydrogen) atoms. The largest absolute Gasteiger partial charge is 0.399 e. The van der Waals surface area contributed by atoms with Crippen LogP contribution in [0, 0.1) is 0 Å². The molecule has 0 bridgehead atoms. The summed E-state index contributed by atoms with van der Waals surface area (Å²) in [5, 5.41) is 0.342. The lowest BCUT2D eigenvalue weighted by Crippen LogP contribution is -2.06. The van der Waals surface area contributed by atoms with Crippen molar-refractivity contribution in [2.75, 3.05) is 11.5 Å². The van der Waals surface area contributed by atoms with Crippen LogP contribution in [0.25, 0.3) is 0 Å². The van der Waals surface area contributed by atoms with Crippen LogP contribution in [0.5, 0.6) is 0 Å². The maximum atomic E-state index is 12.5. The molecule has 0 heterocycles. The first-order chi connectivity index (χ1) is 9.31. The summed E-state index contributed by atoms with van der Waals surface area (Å²) in [5.41, 5.74) is 12.4. The normalized spacial score (nSPS) is 10.6. The van der Waals surface area contributed by atoms with Gasteiger partial charge in [0, 0.05) is 16.9 Å². The molecule has 7 heteroatoms. The molecular formula is C13H8Cl4N2O. The number of nitrogen functional groups attached to an aromatic ring is 2. The van der Waals surface area contributed by atoms with Gasteiger partial charge in [-0.05, 0) is 24.3 Å². The van der Waals surface area contributed by atoms with Crippen LogP contribution in [0.15, 0.2) is 24.3 Å². The van der Waals surface area contributed by atoms with Crippen molar-refractivity contribution in [1.82, 2.24) is 0 Å². The number of hydrogen-bond acceptors (Lipinski definition) is 3. The first kappa shape index (κ1) is 15.3. The molecule has 2 aromatic carbocycles. The summed E-state index contributed by atoms with van der Waals surface area (Å²) < 4.78 is 0. The Morgan fingerprint density at radius 1 is 0.800 bits per heavy atom. The highest BCUT2D eigenvalue weighted by Gasteiger charge is 2.21. The minimum Gasteiger partial charge on any atom is -0.399 e. The Kier molecular flexibility index (Phi) is 4.35. The standard InChI is InChI=1S/C13H8Cl4N2O/c14-8-4-9(15)11(16)12(17)10(8)13(20)5-1-6(18)3-7(19)2-5/h1-4H,18-19H2. The lowest BCUT2D eigenvalue weighted by molar-refractivity contribution is 0.103. The molecule has 3 nitrogen and oxygen atoms in total. The maximum Gasteiger partial charge on any atom is 0.196 e. The molecule has 0 radical (unpaired) electrons. The van der Waals surface area contributed by atoms with Gasteiger partial charge in [-0.2, -0.15) is 0 Å². The van der Waals surface area contributed by atoms with E-state index >= 15 is 0 Å². The molecule has 0 fully saturated rings. The summed E-state index contributed by atoms with van der Waals surface area (Å²) in [6.07, 6.45) is 0. The van der Waals surface area contributed by atoms with Gasteiger partial charge in [0.2, 0.25) is 0 Å². The van der Waals surface area contributed by atoms with E-state index in [0.717, 1.165) is 0 Å². The molecule has 2 rings (SSSR count). The van der Waals surface area contributed by atoms with Gasteiger partial charge in [-0.15, -0.1) is 0 Å². The third-order valence-electron chi connectivity index (χ3n) is 2.58. The summed E-state index contributed by atoms with van der Waals surface area (Å²) in [5.74, 6) is -0.433. The van der Waals surface area contributed by atoms with Gasteiger partial charge >= 0.3 is 0 Å². The molecule has 4 N–H and O–H groups in total. The Labute approximate surface area is 135 Å². The number of rotatable bonds is 2. The van der Waals surface area contributed by atoms with Crippen molar-refractivity contribution in [3.63, 3.8) is 0 Å². The van der Waals surface area contributed by atoms with E-state index in [1.165, 1.54) is 24.3 Å². The Balaban J connectivity index is 2.62. The highest BCUT2D eigenvalue weighted by molar-refractivity contribution is 6.51. The molecular weight excluding hydrogens is 342 g/mol. The minimum absolute atomic E-state index is 0.00448. The Morgan fingerprint density at radius 2 is 1.35 bits per heavy atom. The number of ketones is 1. The molecule has 0 unspecified atom stereocenters. The second kappa shape index (κ2) is 5.70. The van der Waals surface area contributed by atoms with E-state index in [-0.39, 0.29) is 31.2 Å². The van der Waals surface area contributed by atoms with Crippen LogP contribution < -0.4 is 11.5 Å². The van der Waals surface area contributed by atoms with Crippen LogP contribution in [0.2, 0.25) is 20.1 Å². The van der Waals surface area contributed by atoms with Crippen LogP contribution in [0.4, 0.5) is 11.4 Å². The Bertz CT molecular complexity index is 696. The van der Waals surface area contributed by atoms with E-state index in [0.29, 0.717) is 11.4 Å². The molecule has 0 aliphatic heterocycles. The Hall–Kier alpha value is -1.13. The van der Waals surface area contributed by atoms with Crippen LogP contribution in [-0.4, -0.2) is 5.78 Å². The second-order valence-corrected chi connectivity index (χ2v) is 5.63. The molecule has 104 valence electrons. The van der Waals surface area contributed by atoms with Gasteiger partial charge < -0.3 is 11.5 Å². The SMILES string of the molecule is Nc1cc(N)cc(C(=O)c2c(Cl)cc(Cl)c(Cl)c2Cl)c1. The van der Waals surface area contributed by atoms with E-state index in [4.69, 9.17) is 57.9 Å². The van der Waals surface area contributed by atoms with Gasteiger partial charge in [-0.25, -0.2) is 0 Å². The van der Waals surface area contributed by atoms with Gasteiger partial charge in [0.1, 0.15) is 0 Å². The Morgan fingerprint density at radius 3 is 1.90 bits per heavy atom. The van der Waals surface area contributed by atoms with Gasteiger partial charge in [0.25, 0.3) is 0 Å². The highest BCUT2D eigenvalue weighted by atomic mass is 35.5. The van der Waals surface area contributed by atoms with Gasteiger partial charge in [-0.1, -0.05) is 46.4 Å². The summed E-state index contributed by atoms with van der Waals surface area (Å²) in [4.78, 5) is 12.5. The smallest absolute Gasteiger partial charge is 0.196 e. The van der Waals surface area contributed by atoms with Crippen LogP contribution in [0.1, 0.15) is 15.9 Å². The molecule has 0 saturated heterocycles. The number of carbonyl (C=O) groups excluding carboxylic acids is 1. The highest BCUT2D eigenvalue weighted by Crippen LogP contribution is 2.38. The molecule has 0 saturated carbocycles. The van der Waals surface area contributed by atoms with Gasteiger partial charge in [-0.3, -0.25) is 4.79 Å². The topological polar surface area (TPSA) is 69.1 Å². The van der Waals surface area contributed by atoms with Crippen molar-refractivity contribution in [3.05, 3.63) is 55.5 Å². The lowest BCUT2D eigenvalue weighted by Gasteiger charge is -2.10. The third-order valence-corrected chi connectivity index (χ3v) is 4.14. The van der Waals surface area contributed by atoms with Crippen LogP contribution in [0.3, 0.4) is 0 Å². The van der Waals surface area contributed by atoms with Crippen molar-refractivity contribution in [3.8, 4) is 0 Å². The third kappa shape index (κ3) is 2.81. The number of carbonyl (C=O) groups is 1. The molecule has 0 amide bonds. The average molecular weight is 350 g/mol. The van der Waals surface area contributed by atoms with Gasteiger partial charge in [0.05, 0.1) is 25.7 Å². The molecule has 0 aliphatic carbocycles. The minimum atomic E-state index is -0.433. The lowest BCUT2D eigenvalue weighted by atomic mass is 10.0. The number of anilines is 2. The van der Waals surface area contributed by atoms with E-state index in [9.17, 15) is 4.79 Å². The molecule has 0 spiro atoms. The number of halogens is 4. The van der Waals surface area contributed by atoms with E-state index in [1.54, 1.807) is 0 Å². The monoisotopic (exact) mass is 348 g/mol. The average Bonchev–Trinajstić information content (AvgIpc) is 2.34. The summed E-state index contributed by atoms with van der Waals surface area (Å²) in [6, 6.07) is 5.86. The predicted octanol–water partition coefficient (Wildman–Crippen LogP) is 4.70. The van der Waals surface area contributed by atoms with Crippen molar-refractivity contribution < 1.29 is 4.79 Å². The summed E-state index contributed by atoms with van der Waals surface area (Å²) in [6.45, 7) is 0. The van der Waals surface area contributed by atoms with Crippen molar-refractivity contribution in [2.24, 2.45) is 0 Å². The zero-order chi connectivity index (χ0) is 15.0. The quantitative estimate of drug-likeness (QED) is 0.357. The molecule has 2 aromatic rings. The first-order valence-corrected chi connectivity index (χ1v) is 6.86. The second-order valence-electron chi connectivity index (χ2n) is 4.06. The fraction of sp³-hybridized carbons (Fsp3) is 0. The molecule has 0 aliphatic rings. The zero-order valence-corrected chi connectivity index (χ0v) is 12.9. The molecule has 0 atom stereocenters. The number of nitrogens with two attached hydrogens (primary N) is 2. The number of benzene rings is 2. The fourth-order valence-electron chi connectivity index (χ4n) is 1.73. The first-order valence-electron chi connectivity index (χ1n) is 5.35. The number of hydrogen-bond donors (Lipinski definition) is 2. The van der Waals surface area contributed by atoms with Crippen molar-refractivity contribution >= 4 is 63.6 Å². The van der Waals surface area contributed by atoms with E-state index in [1.807, 2.05) is 0 Å². The molecule has 0 aromatic heterocycles. The van der Waals surface area contributed by atoms with Crippen LogP contribution >= 0.6 is 46.4 Å². The van der Waals surface area contributed by atoms with Crippen molar-refractivity contribution in [2.45, 2.75) is 0 Å². The fourth-order valence-corrected chi connectivity index (χ4v) is 2.81. The van der Waals surface area contributed by atoms with E-state index in [2.05, 4.69) is 0 Å². The predicted molar refractivity (Wildman–Crippen MR) is 85.2 cm³/mol. The van der Waals surface area contributed by atoms with Gasteiger partial charge in [0.15, 0.2) is 5.78 Å². The zero-order valence-electron chi connectivity index (χ0n) is 9.88. The van der Waals surface area contributed by atoms with E-state index < -0.39 is 5.78 Å². The maximum absolute atomic E-state index is 12.5. The van der Waals surface area contributed by atoms with Crippen LogP contribution in [-0.2, 0) is 0 Å². The summed E-state index contributed by atoms with van der Waals surface area (Å²) in [7, 11) is 0. The van der Waals surface area contributed by atoms with Crippen molar-refractivity contribution in [1.29, 1.82) is 0 Å².